The van der Waals surface area contributed by atoms with E-state index in [-0.39, 0.29) is 18.4 Å². The average molecular weight is 407 g/mol. The van der Waals surface area contributed by atoms with Crippen molar-refractivity contribution in [2.24, 2.45) is 0 Å². The van der Waals surface area contributed by atoms with Gasteiger partial charge in [0.15, 0.2) is 0 Å². The molecule has 148 valence electrons. The molecule has 0 saturated carbocycles. The molecule has 2 aromatic carbocycles. The first kappa shape index (κ1) is 21.4. The van der Waals surface area contributed by atoms with Crippen LogP contribution < -0.4 is 10.6 Å². The molecule has 0 bridgehead atoms. The highest BCUT2D eigenvalue weighted by Gasteiger charge is 2.27. The molecule has 0 unspecified atom stereocenters. The molecular weight excluding hydrogens is 387 g/mol. The first-order valence-corrected chi connectivity index (χ1v) is 8.92. The summed E-state index contributed by atoms with van der Waals surface area (Å²) >= 11 is 5.82. The van der Waals surface area contributed by atoms with Crippen LogP contribution in [0.1, 0.15) is 18.1 Å². The molecule has 0 aliphatic rings. The summed E-state index contributed by atoms with van der Waals surface area (Å²) in [5.41, 5.74) is 0.906. The van der Waals surface area contributed by atoms with Crippen LogP contribution in [0.15, 0.2) is 48.5 Å². The van der Waals surface area contributed by atoms with Crippen LogP contribution in [0.4, 0.5) is 4.39 Å². The van der Waals surface area contributed by atoms with E-state index in [0.717, 1.165) is 0 Å². The van der Waals surface area contributed by atoms with Crippen molar-refractivity contribution in [3.8, 4) is 0 Å². The zero-order valence-electron chi connectivity index (χ0n) is 15.1. The Balaban J connectivity index is 2.14. The number of aliphatic carboxylic acids is 1. The van der Waals surface area contributed by atoms with E-state index in [1.165, 1.54) is 25.1 Å². The van der Waals surface area contributed by atoms with E-state index in [4.69, 9.17) is 11.6 Å². The second-order valence-corrected chi connectivity index (χ2v) is 6.72. The third-order valence-corrected chi connectivity index (χ3v) is 4.30. The normalized spacial score (nSPS) is 12.7. The van der Waals surface area contributed by atoms with Crippen molar-refractivity contribution in [2.45, 2.75) is 31.8 Å². The van der Waals surface area contributed by atoms with Crippen molar-refractivity contribution in [1.82, 2.24) is 10.6 Å². The van der Waals surface area contributed by atoms with Gasteiger partial charge < -0.3 is 15.7 Å². The summed E-state index contributed by atoms with van der Waals surface area (Å²) in [6, 6.07) is 10.1. The Morgan fingerprint density at radius 3 is 2.21 bits per heavy atom. The first-order chi connectivity index (χ1) is 13.3. The Labute approximate surface area is 166 Å². The van der Waals surface area contributed by atoms with E-state index in [1.54, 1.807) is 30.3 Å². The number of carbonyl (C=O) groups is 3. The molecule has 0 fully saturated rings. The lowest BCUT2D eigenvalue weighted by Gasteiger charge is -2.21. The predicted molar refractivity (Wildman–Crippen MR) is 102 cm³/mol. The number of carbonyl (C=O) groups excluding carboxylic acids is 2. The number of halogens is 2. The van der Waals surface area contributed by atoms with Crippen LogP contribution in [0.2, 0.25) is 5.02 Å². The summed E-state index contributed by atoms with van der Waals surface area (Å²) in [5.74, 6) is -2.93. The maximum atomic E-state index is 13.9. The third-order valence-electron chi connectivity index (χ3n) is 4.04. The van der Waals surface area contributed by atoms with Crippen LogP contribution in [0.3, 0.4) is 0 Å². The van der Waals surface area contributed by atoms with Gasteiger partial charge in [-0.3, -0.25) is 9.59 Å². The molecule has 0 radical (unpaired) electrons. The first-order valence-electron chi connectivity index (χ1n) is 8.54. The average Bonchev–Trinajstić information content (AvgIpc) is 2.63. The molecule has 8 heteroatoms. The van der Waals surface area contributed by atoms with Crippen LogP contribution in [-0.4, -0.2) is 35.0 Å². The van der Waals surface area contributed by atoms with Crippen molar-refractivity contribution in [3.63, 3.8) is 0 Å². The van der Waals surface area contributed by atoms with Crippen LogP contribution in [0, 0.1) is 5.82 Å². The van der Waals surface area contributed by atoms with Gasteiger partial charge in [0.1, 0.15) is 17.9 Å². The number of nitrogens with one attached hydrogen (secondary N) is 2. The third kappa shape index (κ3) is 6.35. The quantitative estimate of drug-likeness (QED) is 0.627. The fourth-order valence-corrected chi connectivity index (χ4v) is 2.79. The number of carboxylic acids is 1. The van der Waals surface area contributed by atoms with E-state index in [1.807, 2.05) is 0 Å². The van der Waals surface area contributed by atoms with Gasteiger partial charge in [0.05, 0.1) is 0 Å². The Kier molecular flexibility index (Phi) is 7.52. The number of rotatable bonds is 8. The molecule has 2 atom stereocenters. The van der Waals surface area contributed by atoms with E-state index < -0.39 is 35.7 Å². The van der Waals surface area contributed by atoms with Crippen molar-refractivity contribution < 1.29 is 23.9 Å². The van der Waals surface area contributed by atoms with Crippen molar-refractivity contribution in [3.05, 3.63) is 70.5 Å². The molecule has 0 saturated heterocycles. The lowest BCUT2D eigenvalue weighted by atomic mass is 10.0. The summed E-state index contributed by atoms with van der Waals surface area (Å²) < 4.78 is 13.9. The van der Waals surface area contributed by atoms with Gasteiger partial charge in [0.25, 0.3) is 0 Å². The Morgan fingerprint density at radius 1 is 1.00 bits per heavy atom. The highest BCUT2D eigenvalue weighted by molar-refractivity contribution is 6.30. The Bertz CT molecular complexity index is 858. The highest BCUT2D eigenvalue weighted by Crippen LogP contribution is 2.12. The van der Waals surface area contributed by atoms with Gasteiger partial charge in [-0.05, 0) is 29.3 Å². The Hall–Kier alpha value is -2.93. The molecular formula is C20H20ClFN2O4. The second-order valence-electron chi connectivity index (χ2n) is 6.28. The zero-order chi connectivity index (χ0) is 20.7. The van der Waals surface area contributed by atoms with Crippen LogP contribution in [0.5, 0.6) is 0 Å². The number of benzene rings is 2. The van der Waals surface area contributed by atoms with E-state index in [2.05, 4.69) is 10.6 Å². The van der Waals surface area contributed by atoms with Crippen LogP contribution in [-0.2, 0) is 27.2 Å². The van der Waals surface area contributed by atoms with Gasteiger partial charge in [0, 0.05) is 24.8 Å². The Morgan fingerprint density at radius 2 is 1.64 bits per heavy atom. The van der Waals surface area contributed by atoms with Crippen LogP contribution >= 0.6 is 11.6 Å². The smallest absolute Gasteiger partial charge is 0.326 e. The molecule has 0 spiro atoms. The van der Waals surface area contributed by atoms with Gasteiger partial charge in [-0.25, -0.2) is 9.18 Å². The molecule has 3 N–H and O–H groups in total. The van der Waals surface area contributed by atoms with Crippen molar-refractivity contribution >= 4 is 29.4 Å². The molecule has 0 aliphatic heterocycles. The summed E-state index contributed by atoms with van der Waals surface area (Å²) in [6.07, 6.45) is -0.0733. The molecule has 2 amide bonds. The highest BCUT2D eigenvalue weighted by atomic mass is 35.5. The predicted octanol–water partition coefficient (Wildman–Crippen LogP) is 2.34. The number of hydrogen-bond acceptors (Lipinski definition) is 3. The monoisotopic (exact) mass is 406 g/mol. The lowest BCUT2D eigenvalue weighted by molar-refractivity contribution is -0.142. The lowest BCUT2D eigenvalue weighted by Crippen LogP contribution is -2.52. The fraction of sp³-hybridized carbons (Fsp3) is 0.250. The molecule has 0 aliphatic carbocycles. The van der Waals surface area contributed by atoms with E-state index >= 15 is 0 Å². The number of hydrogen-bond donors (Lipinski definition) is 3. The summed E-state index contributed by atoms with van der Waals surface area (Å²) in [7, 11) is 0. The molecule has 28 heavy (non-hydrogen) atoms. The van der Waals surface area contributed by atoms with Gasteiger partial charge in [-0.2, -0.15) is 0 Å². The minimum atomic E-state index is -1.23. The topological polar surface area (TPSA) is 95.5 Å². The maximum Gasteiger partial charge on any atom is 0.326 e. The summed E-state index contributed by atoms with van der Waals surface area (Å²) in [6.45, 7) is 1.23. The second kappa shape index (κ2) is 9.85. The van der Waals surface area contributed by atoms with Crippen LogP contribution in [0.25, 0.3) is 0 Å². The van der Waals surface area contributed by atoms with Gasteiger partial charge in [-0.1, -0.05) is 41.9 Å². The minimum absolute atomic E-state index is 0.0325. The molecule has 6 nitrogen and oxygen atoms in total. The standard InChI is InChI=1S/C20H20ClFN2O4/c1-12(25)23-17(11-14-4-2-3-5-16(14)22)19(26)24-18(20(27)28)10-13-6-8-15(21)9-7-13/h2-9,17-18H,10-11H2,1H3,(H,23,25)(H,24,26)(H,27,28)/t17-,18+/m1/s1. The van der Waals surface area contributed by atoms with Gasteiger partial charge in [0.2, 0.25) is 11.8 Å². The summed E-state index contributed by atoms with van der Waals surface area (Å²) in [4.78, 5) is 35.7. The molecule has 0 aromatic heterocycles. The zero-order valence-corrected chi connectivity index (χ0v) is 15.9. The maximum absolute atomic E-state index is 13.9. The number of amides is 2. The molecule has 2 rings (SSSR count). The number of carboxylic acid groups (broad SMARTS) is 1. The van der Waals surface area contributed by atoms with Gasteiger partial charge in [-0.15, -0.1) is 0 Å². The van der Waals surface area contributed by atoms with E-state index in [0.29, 0.717) is 10.6 Å². The molecule has 2 aromatic rings. The van der Waals surface area contributed by atoms with Crippen molar-refractivity contribution in [2.75, 3.05) is 0 Å². The SMILES string of the molecule is CC(=O)N[C@H](Cc1ccccc1F)C(=O)N[C@@H](Cc1ccc(Cl)cc1)C(=O)O. The summed E-state index contributed by atoms with van der Waals surface area (Å²) in [5, 5.41) is 14.8. The fourth-order valence-electron chi connectivity index (χ4n) is 2.67. The molecule has 0 heterocycles. The van der Waals surface area contributed by atoms with Crippen molar-refractivity contribution in [1.29, 1.82) is 0 Å². The van der Waals surface area contributed by atoms with Gasteiger partial charge >= 0.3 is 5.97 Å². The van der Waals surface area contributed by atoms with E-state index in [9.17, 15) is 23.9 Å². The minimum Gasteiger partial charge on any atom is -0.480 e. The largest absolute Gasteiger partial charge is 0.480 e.